The lowest BCUT2D eigenvalue weighted by molar-refractivity contribution is -0.384. The number of nitro groups is 1. The lowest BCUT2D eigenvalue weighted by Gasteiger charge is -2.66. The van der Waals surface area contributed by atoms with E-state index < -0.39 is 0 Å². The summed E-state index contributed by atoms with van der Waals surface area (Å²) in [4.78, 5) is 17.0. The molecule has 5 fully saturated rings. The van der Waals surface area contributed by atoms with Crippen LogP contribution >= 0.6 is 0 Å². The molecule has 1 N–H and O–H groups in total. The average molecular weight is 472 g/mol. The summed E-state index contributed by atoms with van der Waals surface area (Å²) in [6.45, 7) is 3.34. The van der Waals surface area contributed by atoms with E-state index in [1.165, 1.54) is 43.4 Å². The molecule has 6 aliphatic rings. The van der Waals surface area contributed by atoms with E-state index in [1.54, 1.807) is 12.1 Å². The minimum Gasteiger partial charge on any atom is -0.508 e. The van der Waals surface area contributed by atoms with Gasteiger partial charge in [-0.3, -0.25) is 15.0 Å². The van der Waals surface area contributed by atoms with Crippen LogP contribution in [0.2, 0.25) is 0 Å². The number of para-hydroxylation sites is 2. The summed E-state index contributed by atoms with van der Waals surface area (Å²) in [6, 6.07) is 14.5. The zero-order chi connectivity index (χ0) is 23.5. The highest BCUT2D eigenvalue weighted by atomic mass is 16.6. The summed E-state index contributed by atoms with van der Waals surface area (Å²) in [5.74, 6) is 2.34. The van der Waals surface area contributed by atoms with Crippen LogP contribution in [0.25, 0.3) is 0 Å². The van der Waals surface area contributed by atoms with Gasteiger partial charge in [-0.05, 0) is 104 Å². The fourth-order valence-corrected chi connectivity index (χ4v) is 10.1. The molecule has 182 valence electrons. The van der Waals surface area contributed by atoms with Gasteiger partial charge in [-0.1, -0.05) is 18.2 Å². The Balaban J connectivity index is 1.28. The Morgan fingerprint density at radius 1 is 1.11 bits per heavy atom. The van der Waals surface area contributed by atoms with E-state index in [0.717, 1.165) is 44.0 Å². The number of nitrogens with zero attached hydrogens (tertiary/aromatic N) is 3. The molecule has 0 radical (unpaired) electrons. The van der Waals surface area contributed by atoms with E-state index >= 15 is 0 Å². The van der Waals surface area contributed by atoms with Gasteiger partial charge in [0.05, 0.1) is 4.92 Å². The number of rotatable bonds is 4. The lowest BCUT2D eigenvalue weighted by atomic mass is 9.43. The molecule has 6 atom stereocenters. The Bertz CT molecular complexity index is 1240. The van der Waals surface area contributed by atoms with Crippen molar-refractivity contribution < 1.29 is 10.0 Å². The van der Waals surface area contributed by atoms with E-state index in [0.29, 0.717) is 29.7 Å². The van der Waals surface area contributed by atoms with Gasteiger partial charge in [0.2, 0.25) is 0 Å². The van der Waals surface area contributed by atoms with Crippen molar-refractivity contribution in [2.24, 2.45) is 23.2 Å². The third-order valence-electron chi connectivity index (χ3n) is 11.2. The van der Waals surface area contributed by atoms with Crippen molar-refractivity contribution >= 4 is 11.4 Å². The number of phenols is 1. The molecule has 5 unspecified atom stereocenters. The van der Waals surface area contributed by atoms with Crippen LogP contribution in [0.4, 0.5) is 11.4 Å². The van der Waals surface area contributed by atoms with Crippen LogP contribution in [0.3, 0.4) is 0 Å². The van der Waals surface area contributed by atoms with Gasteiger partial charge >= 0.3 is 0 Å². The predicted octanol–water partition coefficient (Wildman–Crippen LogP) is 4.88. The van der Waals surface area contributed by atoms with Crippen molar-refractivity contribution in [3.8, 4) is 5.75 Å². The second-order valence-electron chi connectivity index (χ2n) is 12.4. The summed E-state index contributed by atoms with van der Waals surface area (Å²) < 4.78 is 0. The number of piperidine rings is 1. The SMILES string of the molecule is O=[N+]([O-])c1ccccc1N1C[C@H]2CC34CCC1C2C31CCN(CC2CC2)C4Cc2ccc(O)cc21. The monoisotopic (exact) mass is 471 g/mol. The van der Waals surface area contributed by atoms with Crippen molar-refractivity contribution in [1.82, 2.24) is 4.90 Å². The van der Waals surface area contributed by atoms with Gasteiger partial charge in [-0.25, -0.2) is 0 Å². The van der Waals surface area contributed by atoms with Gasteiger partial charge in [0.15, 0.2) is 0 Å². The maximum Gasteiger partial charge on any atom is 0.292 e. The fourth-order valence-electron chi connectivity index (χ4n) is 10.1. The number of nitro benzene ring substituents is 1. The summed E-state index contributed by atoms with van der Waals surface area (Å²) in [5, 5.41) is 22.5. The first-order valence-corrected chi connectivity index (χ1v) is 13.6. The van der Waals surface area contributed by atoms with Crippen molar-refractivity contribution in [3.05, 3.63) is 63.7 Å². The number of phenolic OH excluding ortho intramolecular Hbond substituents is 1. The predicted molar refractivity (Wildman–Crippen MR) is 134 cm³/mol. The van der Waals surface area contributed by atoms with E-state index in [4.69, 9.17) is 0 Å². The van der Waals surface area contributed by atoms with Crippen LogP contribution in [-0.4, -0.2) is 46.6 Å². The second kappa shape index (κ2) is 6.78. The summed E-state index contributed by atoms with van der Waals surface area (Å²) >= 11 is 0. The third-order valence-corrected chi connectivity index (χ3v) is 11.2. The van der Waals surface area contributed by atoms with E-state index in [1.807, 2.05) is 18.2 Å². The topological polar surface area (TPSA) is 69.9 Å². The van der Waals surface area contributed by atoms with Crippen LogP contribution < -0.4 is 4.90 Å². The highest BCUT2D eigenvalue weighted by Crippen LogP contribution is 2.75. The number of aromatic hydroxyl groups is 1. The van der Waals surface area contributed by atoms with Crippen LogP contribution in [0.15, 0.2) is 42.5 Å². The Morgan fingerprint density at radius 2 is 1.97 bits per heavy atom. The molecule has 6 nitrogen and oxygen atoms in total. The van der Waals surface area contributed by atoms with Gasteiger partial charge < -0.3 is 10.0 Å². The lowest BCUT2D eigenvalue weighted by Crippen LogP contribution is -2.69. The van der Waals surface area contributed by atoms with Crippen molar-refractivity contribution in [1.29, 1.82) is 0 Å². The summed E-state index contributed by atoms with van der Waals surface area (Å²) in [5.41, 5.74) is 4.25. The van der Waals surface area contributed by atoms with Crippen LogP contribution in [0.1, 0.15) is 49.7 Å². The molecule has 2 aromatic rings. The van der Waals surface area contributed by atoms with Gasteiger partial charge in [0, 0.05) is 36.7 Å². The Morgan fingerprint density at radius 3 is 2.80 bits per heavy atom. The van der Waals surface area contributed by atoms with E-state index in [2.05, 4.69) is 21.9 Å². The smallest absolute Gasteiger partial charge is 0.292 e. The molecule has 6 heteroatoms. The molecule has 35 heavy (non-hydrogen) atoms. The zero-order valence-electron chi connectivity index (χ0n) is 20.1. The van der Waals surface area contributed by atoms with Crippen molar-refractivity contribution in [3.63, 3.8) is 0 Å². The van der Waals surface area contributed by atoms with Crippen LogP contribution in [0, 0.1) is 33.3 Å². The number of likely N-dealkylation sites (tertiary alicyclic amines) is 1. The number of anilines is 1. The minimum atomic E-state index is -0.213. The number of benzene rings is 2. The summed E-state index contributed by atoms with van der Waals surface area (Å²) in [6.07, 6.45) is 8.61. The number of hydrogen-bond acceptors (Lipinski definition) is 5. The highest BCUT2D eigenvalue weighted by Gasteiger charge is 2.76. The molecule has 3 saturated carbocycles. The first kappa shape index (κ1) is 20.6. The van der Waals surface area contributed by atoms with Crippen molar-refractivity contribution in [2.45, 2.75) is 62.4 Å². The number of hydrogen-bond donors (Lipinski definition) is 1. The number of fused-ring (bicyclic) bond motifs is 1. The fraction of sp³-hybridized carbons (Fsp3) is 0.586. The Kier molecular flexibility index (Phi) is 3.99. The normalized spacial score (nSPS) is 38.8. The Hall–Kier alpha value is -2.60. The molecular weight excluding hydrogens is 438 g/mol. The molecule has 4 bridgehead atoms. The quantitative estimate of drug-likeness (QED) is 0.508. The van der Waals surface area contributed by atoms with Gasteiger partial charge in [-0.2, -0.15) is 0 Å². The molecular formula is C29H33N3O3. The van der Waals surface area contributed by atoms with Gasteiger partial charge in [0.25, 0.3) is 5.69 Å². The first-order valence-electron chi connectivity index (χ1n) is 13.6. The molecule has 2 saturated heterocycles. The molecule has 0 spiro atoms. The summed E-state index contributed by atoms with van der Waals surface area (Å²) in [7, 11) is 0. The average Bonchev–Trinajstić information content (AvgIpc) is 3.54. The molecule has 8 rings (SSSR count). The maximum absolute atomic E-state index is 11.9. The third kappa shape index (κ3) is 2.49. The second-order valence-corrected chi connectivity index (χ2v) is 12.4. The highest BCUT2D eigenvalue weighted by molar-refractivity contribution is 5.66. The zero-order valence-corrected chi connectivity index (χ0v) is 20.1. The van der Waals surface area contributed by atoms with Gasteiger partial charge in [0.1, 0.15) is 11.4 Å². The Labute approximate surface area is 206 Å². The van der Waals surface area contributed by atoms with Crippen molar-refractivity contribution in [2.75, 3.05) is 24.5 Å². The van der Waals surface area contributed by atoms with Crippen LogP contribution in [-0.2, 0) is 11.8 Å². The molecule has 2 aromatic carbocycles. The molecule has 2 heterocycles. The van der Waals surface area contributed by atoms with Gasteiger partial charge in [-0.15, -0.1) is 0 Å². The molecule has 0 aromatic heterocycles. The molecule has 0 amide bonds. The molecule has 4 aliphatic carbocycles. The first-order chi connectivity index (χ1) is 17.0. The maximum atomic E-state index is 11.9. The minimum absolute atomic E-state index is 0.0793. The van der Waals surface area contributed by atoms with Crippen LogP contribution in [0.5, 0.6) is 5.75 Å². The molecule has 2 aliphatic heterocycles. The standard InChI is InChI=1S/C29H33N3O3/c33-21-8-7-19-13-26-28-10-9-25-27(29(28,22(19)14-21)11-12-30(26)16-18-5-6-18)20(15-28)17-31(25)23-3-1-2-4-24(23)32(34)35/h1-4,7-8,14,18,20,25-27,33H,5-6,9-13,15-17H2/t20-,25?,26?,27?,28?,29?/m1/s1. The van der Waals surface area contributed by atoms with E-state index in [9.17, 15) is 15.2 Å². The largest absolute Gasteiger partial charge is 0.508 e. The van der Waals surface area contributed by atoms with E-state index in [-0.39, 0.29) is 21.4 Å².